The number of para-hydroxylation sites is 2. The lowest BCUT2D eigenvalue weighted by Gasteiger charge is -2.28. The van der Waals surface area contributed by atoms with Crippen LogP contribution in [0.25, 0.3) is 98.4 Å². The maximum absolute atomic E-state index is 6.33. The molecule has 0 spiro atoms. The quantitative estimate of drug-likeness (QED) is 0.157. The summed E-state index contributed by atoms with van der Waals surface area (Å²) in [5, 5.41) is 12.1. The fourth-order valence-corrected chi connectivity index (χ4v) is 9.50. The second kappa shape index (κ2) is 13.9. The second-order valence-electron chi connectivity index (χ2n) is 15.6. The van der Waals surface area contributed by atoms with Crippen LogP contribution < -0.4 is 4.90 Å². The van der Waals surface area contributed by atoms with Gasteiger partial charge in [0.1, 0.15) is 11.2 Å². The SMILES string of the molecule is c1ccc(-c2c(-c3ccccc3)c3cc(-c4ccccc4N(c4ccc5c(ccc6ccccc65)c4)c4ccc5oc6ccccc6c5c4)ccc3c3ccccc23)cc1. The van der Waals surface area contributed by atoms with Gasteiger partial charge in [0, 0.05) is 27.7 Å². The van der Waals surface area contributed by atoms with E-state index in [-0.39, 0.29) is 0 Å². The van der Waals surface area contributed by atoms with Crippen LogP contribution in [0.5, 0.6) is 0 Å². The lowest BCUT2D eigenvalue weighted by atomic mass is 9.84. The number of nitrogens with zero attached hydrogens (tertiary/aromatic N) is 1. The zero-order valence-electron chi connectivity index (χ0n) is 32.7. The molecule has 11 aromatic carbocycles. The van der Waals surface area contributed by atoms with Crippen molar-refractivity contribution in [3.8, 4) is 33.4 Å². The molecule has 0 N–H and O–H groups in total. The number of hydrogen-bond donors (Lipinski definition) is 0. The molecule has 280 valence electrons. The molecule has 12 aromatic rings. The maximum atomic E-state index is 6.33. The van der Waals surface area contributed by atoms with E-state index in [1.807, 2.05) is 12.1 Å². The molecular formula is C58H37NO. The van der Waals surface area contributed by atoms with Crippen molar-refractivity contribution in [3.05, 3.63) is 224 Å². The molecule has 2 heteroatoms. The highest BCUT2D eigenvalue weighted by Crippen LogP contribution is 2.48. The Labute approximate surface area is 347 Å². The lowest BCUT2D eigenvalue weighted by Crippen LogP contribution is -2.11. The molecule has 0 saturated heterocycles. The van der Waals surface area contributed by atoms with Crippen molar-refractivity contribution < 1.29 is 4.42 Å². The van der Waals surface area contributed by atoms with Gasteiger partial charge >= 0.3 is 0 Å². The summed E-state index contributed by atoms with van der Waals surface area (Å²) in [7, 11) is 0. The molecule has 0 aliphatic rings. The molecule has 60 heavy (non-hydrogen) atoms. The van der Waals surface area contributed by atoms with Crippen LogP contribution in [0.4, 0.5) is 17.1 Å². The standard InChI is InChI=1S/C58H37NO/c1-3-16-39(17-4-1)57-51-24-10-9-22-48(51)49-32-29-42(36-53(49)58(57)40-18-5-2-6-19-40)47-21-11-13-25-54(47)59(44-31-34-56-52(37-44)50-23-12-14-26-55(50)60-56)43-30-33-46-41(35-43)28-27-38-15-7-8-20-45(38)46/h1-37H. The molecule has 0 atom stereocenters. The number of anilines is 3. The summed E-state index contributed by atoms with van der Waals surface area (Å²) in [6, 6.07) is 81.5. The third-order valence-electron chi connectivity index (χ3n) is 12.2. The monoisotopic (exact) mass is 763 g/mol. The summed E-state index contributed by atoms with van der Waals surface area (Å²) in [5.74, 6) is 0. The Bertz CT molecular complexity index is 3600. The number of rotatable bonds is 6. The van der Waals surface area contributed by atoms with Crippen LogP contribution in [0, 0.1) is 0 Å². The third kappa shape index (κ3) is 5.50. The first-order valence-electron chi connectivity index (χ1n) is 20.6. The van der Waals surface area contributed by atoms with Gasteiger partial charge in [-0.05, 0) is 119 Å². The van der Waals surface area contributed by atoms with Crippen LogP contribution in [0.15, 0.2) is 229 Å². The van der Waals surface area contributed by atoms with E-state index in [0.29, 0.717) is 0 Å². The lowest BCUT2D eigenvalue weighted by molar-refractivity contribution is 0.669. The van der Waals surface area contributed by atoms with E-state index < -0.39 is 0 Å². The molecule has 0 aliphatic heterocycles. The first-order chi connectivity index (χ1) is 29.8. The number of hydrogen-bond acceptors (Lipinski definition) is 2. The molecular weight excluding hydrogens is 727 g/mol. The summed E-state index contributed by atoms with van der Waals surface area (Å²) in [6.07, 6.45) is 0. The molecule has 0 aliphatic carbocycles. The number of furan rings is 1. The Hall–Kier alpha value is -7.94. The van der Waals surface area contributed by atoms with Gasteiger partial charge in [0.15, 0.2) is 0 Å². The van der Waals surface area contributed by atoms with Crippen LogP contribution in [-0.2, 0) is 0 Å². The highest BCUT2D eigenvalue weighted by atomic mass is 16.3. The highest BCUT2D eigenvalue weighted by Gasteiger charge is 2.22. The molecule has 2 nitrogen and oxygen atoms in total. The van der Waals surface area contributed by atoms with Gasteiger partial charge in [0.2, 0.25) is 0 Å². The predicted molar refractivity (Wildman–Crippen MR) is 255 cm³/mol. The number of benzene rings is 11. The maximum Gasteiger partial charge on any atom is 0.135 e. The van der Waals surface area contributed by atoms with Crippen molar-refractivity contribution in [2.24, 2.45) is 0 Å². The Morgan fingerprint density at radius 2 is 0.833 bits per heavy atom. The molecule has 12 rings (SSSR count). The Morgan fingerprint density at radius 1 is 0.283 bits per heavy atom. The Morgan fingerprint density at radius 3 is 1.65 bits per heavy atom. The average molecular weight is 764 g/mol. The minimum absolute atomic E-state index is 0.877. The van der Waals surface area contributed by atoms with Gasteiger partial charge < -0.3 is 9.32 Å². The van der Waals surface area contributed by atoms with E-state index in [9.17, 15) is 0 Å². The highest BCUT2D eigenvalue weighted by molar-refractivity contribution is 6.22. The van der Waals surface area contributed by atoms with Gasteiger partial charge in [-0.3, -0.25) is 0 Å². The zero-order valence-corrected chi connectivity index (χ0v) is 32.7. The smallest absolute Gasteiger partial charge is 0.135 e. The van der Waals surface area contributed by atoms with E-state index >= 15 is 0 Å². The average Bonchev–Trinajstić information content (AvgIpc) is 3.70. The normalized spacial score (nSPS) is 11.7. The minimum atomic E-state index is 0.877. The van der Waals surface area contributed by atoms with E-state index in [2.05, 4.69) is 217 Å². The molecule has 0 amide bonds. The minimum Gasteiger partial charge on any atom is -0.456 e. The van der Waals surface area contributed by atoms with Gasteiger partial charge in [0.25, 0.3) is 0 Å². The van der Waals surface area contributed by atoms with Gasteiger partial charge in [-0.1, -0.05) is 176 Å². The van der Waals surface area contributed by atoms with Gasteiger partial charge in [-0.2, -0.15) is 0 Å². The molecule has 0 fully saturated rings. The first-order valence-corrected chi connectivity index (χ1v) is 20.6. The van der Waals surface area contributed by atoms with Crippen LogP contribution >= 0.6 is 0 Å². The topological polar surface area (TPSA) is 16.4 Å². The fraction of sp³-hybridized carbons (Fsp3) is 0. The summed E-state index contributed by atoms with van der Waals surface area (Å²) in [4.78, 5) is 2.42. The summed E-state index contributed by atoms with van der Waals surface area (Å²) >= 11 is 0. The molecule has 1 aromatic heterocycles. The predicted octanol–water partition coefficient (Wildman–Crippen LogP) is 16.7. The van der Waals surface area contributed by atoms with Gasteiger partial charge in [0.05, 0.1) is 5.69 Å². The molecule has 0 bridgehead atoms. The van der Waals surface area contributed by atoms with Crippen molar-refractivity contribution in [3.63, 3.8) is 0 Å². The van der Waals surface area contributed by atoms with Crippen LogP contribution in [0.1, 0.15) is 0 Å². The van der Waals surface area contributed by atoms with Crippen molar-refractivity contribution in [1.29, 1.82) is 0 Å². The van der Waals surface area contributed by atoms with E-state index in [4.69, 9.17) is 4.42 Å². The van der Waals surface area contributed by atoms with Crippen molar-refractivity contribution in [2.45, 2.75) is 0 Å². The fourth-order valence-electron chi connectivity index (χ4n) is 9.50. The molecule has 0 saturated carbocycles. The summed E-state index contributed by atoms with van der Waals surface area (Å²) in [5.41, 5.74) is 12.2. The second-order valence-corrected chi connectivity index (χ2v) is 15.6. The zero-order chi connectivity index (χ0) is 39.6. The number of fused-ring (bicyclic) bond motifs is 9. The summed E-state index contributed by atoms with van der Waals surface area (Å²) < 4.78 is 6.33. The van der Waals surface area contributed by atoms with Gasteiger partial charge in [-0.25, -0.2) is 0 Å². The van der Waals surface area contributed by atoms with E-state index in [1.54, 1.807) is 0 Å². The van der Waals surface area contributed by atoms with Gasteiger partial charge in [-0.15, -0.1) is 0 Å². The molecule has 0 unspecified atom stereocenters. The molecule has 0 radical (unpaired) electrons. The van der Waals surface area contributed by atoms with Crippen LogP contribution in [0.2, 0.25) is 0 Å². The molecule has 1 heterocycles. The largest absolute Gasteiger partial charge is 0.456 e. The van der Waals surface area contributed by atoms with E-state index in [1.165, 1.54) is 65.3 Å². The van der Waals surface area contributed by atoms with E-state index in [0.717, 1.165) is 50.1 Å². The third-order valence-corrected chi connectivity index (χ3v) is 12.2. The van der Waals surface area contributed by atoms with Crippen LogP contribution in [-0.4, -0.2) is 0 Å². The first kappa shape index (κ1) is 34.1. The summed E-state index contributed by atoms with van der Waals surface area (Å²) in [6.45, 7) is 0. The van der Waals surface area contributed by atoms with Crippen molar-refractivity contribution in [1.82, 2.24) is 0 Å². The van der Waals surface area contributed by atoms with Crippen molar-refractivity contribution in [2.75, 3.05) is 4.90 Å². The van der Waals surface area contributed by atoms with Crippen molar-refractivity contribution >= 4 is 82.1 Å². The Kier molecular flexibility index (Phi) is 7.89. The van der Waals surface area contributed by atoms with Crippen LogP contribution in [0.3, 0.4) is 0 Å². The Balaban J connectivity index is 1.13.